The molecule has 0 aromatic carbocycles. The molecule has 1 aliphatic rings. The number of rotatable bonds is 6. The Bertz CT molecular complexity index is 422. The predicted molar refractivity (Wildman–Crippen MR) is 83.5 cm³/mol. The summed E-state index contributed by atoms with van der Waals surface area (Å²) in [6, 6.07) is 1.99. The molecule has 20 heavy (non-hydrogen) atoms. The fourth-order valence-corrected chi connectivity index (χ4v) is 2.79. The minimum absolute atomic E-state index is 0.299. The van der Waals surface area contributed by atoms with E-state index in [9.17, 15) is 0 Å². The molecule has 0 spiro atoms. The first-order valence-corrected chi connectivity index (χ1v) is 7.76. The van der Waals surface area contributed by atoms with Crippen molar-refractivity contribution < 1.29 is 4.74 Å². The average molecular weight is 298 g/mol. The highest BCUT2D eigenvalue weighted by atomic mass is 35.5. The minimum Gasteiger partial charge on any atom is -0.376 e. The van der Waals surface area contributed by atoms with Crippen LogP contribution in [-0.4, -0.2) is 37.8 Å². The Kier molecular flexibility index (Phi) is 6.07. The second kappa shape index (κ2) is 7.81. The number of anilines is 1. The van der Waals surface area contributed by atoms with Crippen molar-refractivity contribution in [3.8, 4) is 0 Å². The molecule has 112 valence electrons. The number of ether oxygens (including phenoxy) is 1. The third-order valence-electron chi connectivity index (χ3n) is 3.57. The maximum atomic E-state index is 6.35. The first-order chi connectivity index (χ1) is 9.70. The molecule has 1 unspecified atom stereocenters. The van der Waals surface area contributed by atoms with Gasteiger partial charge in [0.15, 0.2) is 0 Å². The van der Waals surface area contributed by atoms with Crippen LogP contribution in [0.1, 0.15) is 31.7 Å². The second-order valence-corrected chi connectivity index (χ2v) is 5.71. The van der Waals surface area contributed by atoms with E-state index in [0.29, 0.717) is 11.1 Å². The van der Waals surface area contributed by atoms with E-state index in [1.807, 2.05) is 19.3 Å². The van der Waals surface area contributed by atoms with Crippen LogP contribution >= 0.6 is 11.6 Å². The van der Waals surface area contributed by atoms with Crippen LogP contribution in [0.4, 0.5) is 5.82 Å². The summed E-state index contributed by atoms with van der Waals surface area (Å²) in [4.78, 5) is 6.59. The third-order valence-corrected chi connectivity index (χ3v) is 3.85. The predicted octanol–water partition coefficient (Wildman–Crippen LogP) is 2.85. The summed E-state index contributed by atoms with van der Waals surface area (Å²) in [5, 5.41) is 3.98. The SMILES string of the molecule is CCNCc1cnc(N(C)CC2CCCCO2)c(Cl)c1. The summed E-state index contributed by atoms with van der Waals surface area (Å²) in [7, 11) is 2.02. The molecule has 5 heteroatoms. The van der Waals surface area contributed by atoms with Gasteiger partial charge in [-0.05, 0) is 37.4 Å². The molecule has 1 aromatic rings. The molecule has 1 atom stereocenters. The van der Waals surface area contributed by atoms with Crippen LogP contribution in [0.25, 0.3) is 0 Å². The Hall–Kier alpha value is -0.840. The zero-order valence-corrected chi connectivity index (χ0v) is 13.1. The maximum absolute atomic E-state index is 6.35. The van der Waals surface area contributed by atoms with Gasteiger partial charge in [0.2, 0.25) is 0 Å². The van der Waals surface area contributed by atoms with Gasteiger partial charge in [-0.15, -0.1) is 0 Å². The Morgan fingerprint density at radius 3 is 3.00 bits per heavy atom. The van der Waals surface area contributed by atoms with Crippen molar-refractivity contribution in [1.82, 2.24) is 10.3 Å². The highest BCUT2D eigenvalue weighted by molar-refractivity contribution is 6.33. The van der Waals surface area contributed by atoms with Gasteiger partial charge in [0.05, 0.1) is 11.1 Å². The lowest BCUT2D eigenvalue weighted by molar-refractivity contribution is 0.0215. The Morgan fingerprint density at radius 2 is 2.35 bits per heavy atom. The molecule has 1 saturated heterocycles. The first kappa shape index (κ1) is 15.5. The molecule has 1 N–H and O–H groups in total. The molecular weight excluding hydrogens is 274 g/mol. The summed E-state index contributed by atoms with van der Waals surface area (Å²) in [6.07, 6.45) is 5.75. The molecule has 0 amide bonds. The van der Waals surface area contributed by atoms with Crippen LogP contribution in [0.15, 0.2) is 12.3 Å². The first-order valence-electron chi connectivity index (χ1n) is 7.38. The van der Waals surface area contributed by atoms with Gasteiger partial charge >= 0.3 is 0 Å². The molecule has 0 radical (unpaired) electrons. The number of nitrogens with one attached hydrogen (secondary N) is 1. The van der Waals surface area contributed by atoms with E-state index in [1.165, 1.54) is 12.8 Å². The van der Waals surface area contributed by atoms with Crippen LogP contribution < -0.4 is 10.2 Å². The molecule has 4 nitrogen and oxygen atoms in total. The zero-order chi connectivity index (χ0) is 14.4. The Balaban J connectivity index is 1.96. The molecule has 2 rings (SSSR count). The largest absolute Gasteiger partial charge is 0.376 e. The number of pyridine rings is 1. The summed E-state index contributed by atoms with van der Waals surface area (Å²) >= 11 is 6.35. The molecule has 1 fully saturated rings. The standard InChI is InChI=1S/C15H24ClN3O/c1-3-17-9-12-8-14(16)15(18-10-12)19(2)11-13-6-4-5-7-20-13/h8,10,13,17H,3-7,9,11H2,1-2H3. The fraction of sp³-hybridized carbons (Fsp3) is 0.667. The third kappa shape index (κ3) is 4.33. The number of nitrogens with zero attached hydrogens (tertiary/aromatic N) is 2. The number of hydrogen-bond donors (Lipinski definition) is 1. The van der Waals surface area contributed by atoms with E-state index >= 15 is 0 Å². The molecule has 0 bridgehead atoms. The summed E-state index contributed by atoms with van der Waals surface area (Å²) in [5.74, 6) is 0.834. The van der Waals surface area contributed by atoms with Gasteiger partial charge < -0.3 is 15.0 Å². The Morgan fingerprint density at radius 1 is 1.50 bits per heavy atom. The molecule has 1 aliphatic heterocycles. The second-order valence-electron chi connectivity index (χ2n) is 5.30. The van der Waals surface area contributed by atoms with Gasteiger partial charge in [-0.2, -0.15) is 0 Å². The van der Waals surface area contributed by atoms with Crippen molar-refractivity contribution in [3.05, 3.63) is 22.8 Å². The molecule has 0 saturated carbocycles. The van der Waals surface area contributed by atoms with E-state index in [2.05, 4.69) is 22.1 Å². The van der Waals surface area contributed by atoms with E-state index in [-0.39, 0.29) is 0 Å². The van der Waals surface area contributed by atoms with Crippen molar-refractivity contribution in [1.29, 1.82) is 0 Å². The quantitative estimate of drug-likeness (QED) is 0.876. The fourth-order valence-electron chi connectivity index (χ4n) is 2.46. The lowest BCUT2D eigenvalue weighted by Crippen LogP contribution is -2.33. The van der Waals surface area contributed by atoms with Crippen LogP contribution in [0.3, 0.4) is 0 Å². The van der Waals surface area contributed by atoms with Crippen molar-refractivity contribution in [2.75, 3.05) is 31.6 Å². The topological polar surface area (TPSA) is 37.4 Å². The van der Waals surface area contributed by atoms with Crippen LogP contribution in [0.5, 0.6) is 0 Å². The van der Waals surface area contributed by atoms with E-state index in [0.717, 1.165) is 44.0 Å². The summed E-state index contributed by atoms with van der Waals surface area (Å²) in [5.41, 5.74) is 1.11. The van der Waals surface area contributed by atoms with Gasteiger partial charge in [0.25, 0.3) is 0 Å². The van der Waals surface area contributed by atoms with E-state index in [1.54, 1.807) is 0 Å². The van der Waals surface area contributed by atoms with Crippen molar-refractivity contribution in [2.24, 2.45) is 0 Å². The number of halogens is 1. The zero-order valence-electron chi connectivity index (χ0n) is 12.4. The van der Waals surface area contributed by atoms with Gasteiger partial charge in [0.1, 0.15) is 5.82 Å². The van der Waals surface area contributed by atoms with Gasteiger partial charge in [0, 0.05) is 32.9 Å². The summed E-state index contributed by atoms with van der Waals surface area (Å²) in [6.45, 7) is 5.55. The summed E-state index contributed by atoms with van der Waals surface area (Å²) < 4.78 is 5.76. The van der Waals surface area contributed by atoms with E-state index < -0.39 is 0 Å². The van der Waals surface area contributed by atoms with Crippen molar-refractivity contribution >= 4 is 17.4 Å². The van der Waals surface area contributed by atoms with Gasteiger partial charge in [-0.3, -0.25) is 0 Å². The lowest BCUT2D eigenvalue weighted by atomic mass is 10.1. The maximum Gasteiger partial charge on any atom is 0.147 e. The van der Waals surface area contributed by atoms with Crippen molar-refractivity contribution in [3.63, 3.8) is 0 Å². The smallest absolute Gasteiger partial charge is 0.147 e. The lowest BCUT2D eigenvalue weighted by Gasteiger charge is -2.28. The van der Waals surface area contributed by atoms with Crippen LogP contribution in [0.2, 0.25) is 5.02 Å². The van der Waals surface area contributed by atoms with E-state index in [4.69, 9.17) is 16.3 Å². The minimum atomic E-state index is 0.299. The normalized spacial score (nSPS) is 19.1. The van der Waals surface area contributed by atoms with Crippen LogP contribution in [0, 0.1) is 0 Å². The van der Waals surface area contributed by atoms with Gasteiger partial charge in [-0.25, -0.2) is 4.98 Å². The number of hydrogen-bond acceptors (Lipinski definition) is 4. The highest BCUT2D eigenvalue weighted by Crippen LogP contribution is 2.24. The van der Waals surface area contributed by atoms with Crippen molar-refractivity contribution in [2.45, 2.75) is 38.8 Å². The molecule has 0 aliphatic carbocycles. The number of likely N-dealkylation sites (N-methyl/N-ethyl adjacent to an activating group) is 1. The monoisotopic (exact) mass is 297 g/mol. The Labute approximate surface area is 126 Å². The number of aromatic nitrogens is 1. The van der Waals surface area contributed by atoms with Crippen LogP contribution in [-0.2, 0) is 11.3 Å². The molecular formula is C15H24ClN3O. The highest BCUT2D eigenvalue weighted by Gasteiger charge is 2.18. The molecule has 1 aromatic heterocycles. The average Bonchev–Trinajstić information content (AvgIpc) is 2.46. The molecule has 2 heterocycles. The van der Waals surface area contributed by atoms with Gasteiger partial charge in [-0.1, -0.05) is 18.5 Å².